The van der Waals surface area contributed by atoms with Crippen molar-refractivity contribution in [3.63, 3.8) is 0 Å². The number of nitriles is 1. The molecule has 3 aromatic rings. The molecular weight excluding hydrogens is 311 g/mol. The van der Waals surface area contributed by atoms with Gasteiger partial charge in [0.15, 0.2) is 5.82 Å². The molecule has 3 aromatic carbocycles. The van der Waals surface area contributed by atoms with E-state index in [-0.39, 0.29) is 11.2 Å². The maximum Gasteiger partial charge on any atom is 0.151 e. The SMILES string of the molecule is CCCc1ccc(-c2ccc3c(F)c(C#N)c(F)cc3c2)c(F)c1. The molecule has 0 amide bonds. The van der Waals surface area contributed by atoms with Gasteiger partial charge in [0.05, 0.1) is 0 Å². The van der Waals surface area contributed by atoms with Gasteiger partial charge in [-0.15, -0.1) is 0 Å². The van der Waals surface area contributed by atoms with E-state index >= 15 is 0 Å². The Balaban J connectivity index is 2.14. The fourth-order valence-corrected chi connectivity index (χ4v) is 2.84. The maximum absolute atomic E-state index is 14.3. The van der Waals surface area contributed by atoms with Crippen molar-refractivity contribution in [1.29, 1.82) is 5.26 Å². The minimum absolute atomic E-state index is 0.139. The molecule has 0 heterocycles. The third kappa shape index (κ3) is 2.74. The summed E-state index contributed by atoms with van der Waals surface area (Å²) in [7, 11) is 0. The summed E-state index contributed by atoms with van der Waals surface area (Å²) in [5, 5.41) is 9.25. The molecule has 1 nitrogen and oxygen atoms in total. The lowest BCUT2D eigenvalue weighted by Gasteiger charge is -2.09. The van der Waals surface area contributed by atoms with E-state index in [9.17, 15) is 13.2 Å². The predicted octanol–water partition coefficient (Wildman–Crippen LogP) is 5.75. The highest BCUT2D eigenvalue weighted by Crippen LogP contribution is 2.30. The molecule has 0 aliphatic rings. The second-order valence-corrected chi connectivity index (χ2v) is 5.66. The summed E-state index contributed by atoms with van der Waals surface area (Å²) in [5.74, 6) is -2.17. The van der Waals surface area contributed by atoms with Crippen molar-refractivity contribution >= 4 is 10.8 Å². The number of nitrogens with zero attached hydrogens (tertiary/aromatic N) is 1. The van der Waals surface area contributed by atoms with Crippen LogP contribution in [-0.2, 0) is 6.42 Å². The Labute approximate surface area is 138 Å². The molecule has 0 atom stereocenters. The van der Waals surface area contributed by atoms with Gasteiger partial charge in [0.1, 0.15) is 23.3 Å². The van der Waals surface area contributed by atoms with Crippen LogP contribution in [0.3, 0.4) is 0 Å². The molecule has 120 valence electrons. The average molecular weight is 325 g/mol. The van der Waals surface area contributed by atoms with Gasteiger partial charge in [0.25, 0.3) is 0 Å². The molecule has 0 aromatic heterocycles. The van der Waals surface area contributed by atoms with Crippen molar-refractivity contribution in [3.8, 4) is 17.2 Å². The first kappa shape index (κ1) is 16.1. The van der Waals surface area contributed by atoms with E-state index in [2.05, 4.69) is 0 Å². The van der Waals surface area contributed by atoms with Crippen molar-refractivity contribution in [1.82, 2.24) is 0 Å². The van der Waals surface area contributed by atoms with Gasteiger partial charge in [0.2, 0.25) is 0 Å². The zero-order valence-corrected chi connectivity index (χ0v) is 13.0. The molecule has 0 aliphatic heterocycles. The minimum Gasteiger partial charge on any atom is -0.206 e. The second-order valence-electron chi connectivity index (χ2n) is 5.66. The first-order valence-corrected chi connectivity index (χ1v) is 7.65. The minimum atomic E-state index is -0.918. The third-order valence-corrected chi connectivity index (χ3v) is 4.02. The zero-order valence-electron chi connectivity index (χ0n) is 13.0. The summed E-state index contributed by atoms with van der Waals surface area (Å²) in [6.45, 7) is 2.02. The van der Waals surface area contributed by atoms with Crippen molar-refractivity contribution in [2.45, 2.75) is 19.8 Å². The Kier molecular flexibility index (Phi) is 4.26. The summed E-state index contributed by atoms with van der Waals surface area (Å²) in [6.07, 6.45) is 1.72. The van der Waals surface area contributed by atoms with Gasteiger partial charge in [-0.3, -0.25) is 0 Å². The van der Waals surface area contributed by atoms with Crippen molar-refractivity contribution in [3.05, 3.63) is 71.0 Å². The lowest BCUT2D eigenvalue weighted by atomic mass is 9.97. The smallest absolute Gasteiger partial charge is 0.151 e. The lowest BCUT2D eigenvalue weighted by Crippen LogP contribution is -1.93. The van der Waals surface area contributed by atoms with Gasteiger partial charge in [0, 0.05) is 10.9 Å². The molecule has 3 rings (SSSR count). The summed E-state index contributed by atoms with van der Waals surface area (Å²) in [4.78, 5) is 0. The summed E-state index contributed by atoms with van der Waals surface area (Å²) >= 11 is 0. The molecule has 4 heteroatoms. The van der Waals surface area contributed by atoms with E-state index < -0.39 is 17.2 Å². The Morgan fingerprint density at radius 1 is 0.958 bits per heavy atom. The highest BCUT2D eigenvalue weighted by molar-refractivity contribution is 5.89. The van der Waals surface area contributed by atoms with Gasteiger partial charge in [-0.1, -0.05) is 37.6 Å². The quantitative estimate of drug-likeness (QED) is 0.601. The number of fused-ring (bicyclic) bond motifs is 1. The predicted molar refractivity (Wildman–Crippen MR) is 88.0 cm³/mol. The van der Waals surface area contributed by atoms with Crippen LogP contribution < -0.4 is 0 Å². The molecule has 0 spiro atoms. The Hall–Kier alpha value is -2.80. The van der Waals surface area contributed by atoms with E-state index in [1.165, 1.54) is 24.3 Å². The van der Waals surface area contributed by atoms with Crippen molar-refractivity contribution in [2.24, 2.45) is 0 Å². The maximum atomic E-state index is 14.3. The first-order valence-electron chi connectivity index (χ1n) is 7.65. The molecule has 0 N–H and O–H groups in total. The number of rotatable bonds is 3. The van der Waals surface area contributed by atoms with Crippen LogP contribution in [0.1, 0.15) is 24.5 Å². The van der Waals surface area contributed by atoms with E-state index in [1.807, 2.05) is 13.0 Å². The van der Waals surface area contributed by atoms with Gasteiger partial charge >= 0.3 is 0 Å². The Morgan fingerprint density at radius 3 is 2.42 bits per heavy atom. The number of benzene rings is 3. The number of aryl methyl sites for hydroxylation is 1. The average Bonchev–Trinajstić information content (AvgIpc) is 2.55. The van der Waals surface area contributed by atoms with Gasteiger partial charge in [-0.05, 0) is 41.1 Å². The monoisotopic (exact) mass is 325 g/mol. The molecule has 24 heavy (non-hydrogen) atoms. The van der Waals surface area contributed by atoms with E-state index in [4.69, 9.17) is 5.26 Å². The molecule has 0 aliphatic carbocycles. The van der Waals surface area contributed by atoms with E-state index in [1.54, 1.807) is 12.1 Å². The molecule has 0 saturated carbocycles. The van der Waals surface area contributed by atoms with E-state index in [0.717, 1.165) is 24.5 Å². The van der Waals surface area contributed by atoms with E-state index in [0.29, 0.717) is 16.5 Å². The Morgan fingerprint density at radius 2 is 1.75 bits per heavy atom. The summed E-state index contributed by atoms with van der Waals surface area (Å²) in [5.41, 5.74) is 1.22. The van der Waals surface area contributed by atoms with Crippen LogP contribution >= 0.6 is 0 Å². The zero-order chi connectivity index (χ0) is 17.3. The second kappa shape index (κ2) is 6.37. The molecular formula is C20H14F3N. The molecule has 0 bridgehead atoms. The highest BCUT2D eigenvalue weighted by Gasteiger charge is 2.14. The number of hydrogen-bond donors (Lipinski definition) is 0. The first-order chi connectivity index (χ1) is 11.5. The van der Waals surface area contributed by atoms with Gasteiger partial charge in [-0.2, -0.15) is 5.26 Å². The highest BCUT2D eigenvalue weighted by atomic mass is 19.1. The normalized spacial score (nSPS) is 10.8. The van der Waals surface area contributed by atoms with Crippen LogP contribution in [0.25, 0.3) is 21.9 Å². The fourth-order valence-electron chi connectivity index (χ4n) is 2.84. The summed E-state index contributed by atoms with van der Waals surface area (Å²) < 4.78 is 42.3. The molecule has 0 saturated heterocycles. The lowest BCUT2D eigenvalue weighted by molar-refractivity contribution is 0.585. The number of hydrogen-bond acceptors (Lipinski definition) is 1. The Bertz CT molecular complexity index is 971. The molecule has 0 unspecified atom stereocenters. The standard InChI is InChI=1S/C20H14F3N/c1-2-3-12-4-6-15(18(21)8-12)13-5-7-16-14(9-13)10-19(22)17(11-24)20(16)23/h4-10H,2-3H2,1H3. The molecule has 0 fully saturated rings. The van der Waals surface area contributed by atoms with Crippen molar-refractivity contribution in [2.75, 3.05) is 0 Å². The number of halogens is 3. The third-order valence-electron chi connectivity index (χ3n) is 4.02. The van der Waals surface area contributed by atoms with Crippen LogP contribution in [0, 0.1) is 28.8 Å². The van der Waals surface area contributed by atoms with Gasteiger partial charge in [-0.25, -0.2) is 13.2 Å². The molecule has 0 radical (unpaired) electrons. The van der Waals surface area contributed by atoms with Crippen LogP contribution in [0.2, 0.25) is 0 Å². The fraction of sp³-hybridized carbons (Fsp3) is 0.150. The topological polar surface area (TPSA) is 23.8 Å². The largest absolute Gasteiger partial charge is 0.206 e. The van der Waals surface area contributed by atoms with Crippen LogP contribution in [0.15, 0.2) is 42.5 Å². The van der Waals surface area contributed by atoms with Crippen LogP contribution in [0.4, 0.5) is 13.2 Å². The van der Waals surface area contributed by atoms with Crippen LogP contribution in [0.5, 0.6) is 0 Å². The summed E-state index contributed by atoms with van der Waals surface area (Å²) in [6, 6.07) is 12.2. The van der Waals surface area contributed by atoms with Gasteiger partial charge < -0.3 is 0 Å². The van der Waals surface area contributed by atoms with Crippen LogP contribution in [-0.4, -0.2) is 0 Å². The van der Waals surface area contributed by atoms with Crippen molar-refractivity contribution < 1.29 is 13.2 Å².